The summed E-state index contributed by atoms with van der Waals surface area (Å²) in [5, 5.41) is 16.0. The third kappa shape index (κ3) is 3.32. The van der Waals surface area contributed by atoms with Crippen LogP contribution < -0.4 is 10.3 Å². The Hall–Kier alpha value is -3.67. The Morgan fingerprint density at radius 3 is 2.61 bits per heavy atom. The molecule has 0 aliphatic rings. The van der Waals surface area contributed by atoms with Crippen molar-refractivity contribution in [1.29, 1.82) is 0 Å². The molecule has 0 aliphatic heterocycles. The number of benzene rings is 2. The molecular weight excluding hydrogens is 352 g/mol. The molecule has 0 fully saturated rings. The Bertz CT molecular complexity index is 1170. The first kappa shape index (κ1) is 17.7. The van der Waals surface area contributed by atoms with Crippen molar-refractivity contribution in [3.05, 3.63) is 99.4 Å². The molecule has 6 nitrogen and oxygen atoms in total. The molecule has 0 radical (unpaired) electrons. The molecule has 2 heterocycles. The topological polar surface area (TPSA) is 85.1 Å². The van der Waals surface area contributed by atoms with E-state index in [1.807, 2.05) is 56.3 Å². The van der Waals surface area contributed by atoms with Crippen LogP contribution in [-0.4, -0.2) is 9.91 Å². The number of anilines is 1. The fourth-order valence-corrected chi connectivity index (χ4v) is 3.63. The van der Waals surface area contributed by atoms with Gasteiger partial charge in [0.05, 0.1) is 10.6 Å². The number of hydrogen-bond donors (Lipinski definition) is 2. The number of fused-ring (bicyclic) bond motifs is 1. The van der Waals surface area contributed by atoms with Gasteiger partial charge in [-0.25, -0.2) is 4.98 Å². The average molecular weight is 373 g/mol. The first-order chi connectivity index (χ1) is 13.5. The fraction of sp³-hybridized carbons (Fsp3) is 0.136. The van der Waals surface area contributed by atoms with Crippen LogP contribution in [0.4, 0.5) is 11.5 Å². The summed E-state index contributed by atoms with van der Waals surface area (Å²) < 4.78 is 0. The van der Waals surface area contributed by atoms with E-state index in [0.29, 0.717) is 0 Å². The van der Waals surface area contributed by atoms with Crippen molar-refractivity contribution in [2.24, 2.45) is 0 Å². The molecule has 0 aliphatic carbocycles. The van der Waals surface area contributed by atoms with Crippen LogP contribution in [0, 0.1) is 24.0 Å². The first-order valence-electron chi connectivity index (χ1n) is 9.10. The Morgan fingerprint density at radius 1 is 1.04 bits per heavy atom. The third-order valence-corrected chi connectivity index (χ3v) is 4.89. The van der Waals surface area contributed by atoms with Crippen molar-refractivity contribution >= 4 is 22.4 Å². The molecule has 0 saturated heterocycles. The van der Waals surface area contributed by atoms with Gasteiger partial charge < -0.3 is 4.98 Å². The van der Waals surface area contributed by atoms with Crippen LogP contribution in [0.2, 0.25) is 0 Å². The molecule has 140 valence electrons. The Kier molecular flexibility index (Phi) is 4.53. The lowest BCUT2D eigenvalue weighted by molar-refractivity contribution is -0.385. The highest BCUT2D eigenvalue weighted by Crippen LogP contribution is 2.35. The summed E-state index contributed by atoms with van der Waals surface area (Å²) in [7, 11) is 0. The summed E-state index contributed by atoms with van der Waals surface area (Å²) in [6.07, 6.45) is 0. The molecule has 0 saturated carbocycles. The number of pyridine rings is 1. The second kappa shape index (κ2) is 7.15. The maximum Gasteiger partial charge on any atom is 0.273 e. The number of nitrogens with zero attached hydrogens (tertiary/aromatic N) is 1. The van der Waals surface area contributed by atoms with Crippen LogP contribution in [0.25, 0.3) is 10.9 Å². The maximum absolute atomic E-state index is 11.3. The molecule has 4 rings (SSSR count). The molecular formula is C22H21N4O2+. The first-order valence-corrected chi connectivity index (χ1v) is 9.10. The fourth-order valence-electron chi connectivity index (χ4n) is 3.63. The Morgan fingerprint density at radius 2 is 1.82 bits per heavy atom. The second-order valence-electron chi connectivity index (χ2n) is 6.89. The van der Waals surface area contributed by atoms with Crippen LogP contribution in [0.5, 0.6) is 0 Å². The van der Waals surface area contributed by atoms with Crippen LogP contribution in [0.1, 0.15) is 28.6 Å². The van der Waals surface area contributed by atoms with Gasteiger partial charge in [0.15, 0.2) is 0 Å². The molecule has 1 unspecified atom stereocenters. The number of H-pyrrole nitrogens is 2. The zero-order valence-electron chi connectivity index (χ0n) is 15.7. The van der Waals surface area contributed by atoms with E-state index in [1.165, 1.54) is 6.07 Å². The van der Waals surface area contributed by atoms with Crippen molar-refractivity contribution in [3.63, 3.8) is 0 Å². The SMILES string of the molecule is Cc1cccc(NC(c2cccc([N+](=O)[O-])c2)c2c(C)[nH]c3ccccc23)[nH+]1. The smallest absolute Gasteiger partial charge is 0.273 e. The van der Waals surface area contributed by atoms with Gasteiger partial charge >= 0.3 is 0 Å². The molecule has 1 atom stereocenters. The molecule has 0 bridgehead atoms. The number of aryl methyl sites for hydroxylation is 2. The number of non-ortho nitro benzene ring substituents is 1. The average Bonchev–Trinajstić information content (AvgIpc) is 3.02. The number of nitrogens with one attached hydrogen (secondary N) is 3. The van der Waals surface area contributed by atoms with E-state index in [1.54, 1.807) is 12.1 Å². The van der Waals surface area contributed by atoms with Crippen LogP contribution in [0.3, 0.4) is 0 Å². The van der Waals surface area contributed by atoms with E-state index in [-0.39, 0.29) is 16.7 Å². The molecule has 6 heteroatoms. The Labute approximate surface area is 162 Å². The van der Waals surface area contributed by atoms with E-state index in [2.05, 4.69) is 21.4 Å². The molecule has 2 aromatic heterocycles. The number of aromatic amines is 2. The summed E-state index contributed by atoms with van der Waals surface area (Å²) in [4.78, 5) is 17.7. The lowest BCUT2D eigenvalue weighted by Gasteiger charge is -2.16. The number of aromatic nitrogens is 2. The number of hydrogen-bond acceptors (Lipinski definition) is 3. The summed E-state index contributed by atoms with van der Waals surface area (Å²) in [6, 6.07) is 20.6. The van der Waals surface area contributed by atoms with Crippen molar-refractivity contribution in [2.75, 3.05) is 5.32 Å². The second-order valence-corrected chi connectivity index (χ2v) is 6.89. The summed E-state index contributed by atoms with van der Waals surface area (Å²) in [5.74, 6) is 0.848. The zero-order valence-corrected chi connectivity index (χ0v) is 15.7. The minimum absolute atomic E-state index is 0.0787. The highest BCUT2D eigenvalue weighted by Gasteiger charge is 2.26. The van der Waals surface area contributed by atoms with Gasteiger partial charge in [0.1, 0.15) is 6.04 Å². The van der Waals surface area contributed by atoms with Gasteiger partial charge in [0, 0.05) is 45.9 Å². The van der Waals surface area contributed by atoms with Crippen molar-refractivity contribution in [1.82, 2.24) is 4.98 Å². The van der Waals surface area contributed by atoms with Crippen molar-refractivity contribution in [3.8, 4) is 0 Å². The van der Waals surface area contributed by atoms with Gasteiger partial charge in [-0.3, -0.25) is 15.4 Å². The minimum Gasteiger partial charge on any atom is -0.358 e. The van der Waals surface area contributed by atoms with Crippen molar-refractivity contribution in [2.45, 2.75) is 19.9 Å². The minimum atomic E-state index is -0.360. The standard InChI is InChI=1S/C22H20N4O2/c1-14-7-5-12-20(23-14)25-22(16-8-6-9-17(13-16)26(27)28)21-15(2)24-19-11-4-3-10-18(19)21/h3-13,22,24H,1-2H3,(H,23,25)/p+1. The lowest BCUT2D eigenvalue weighted by Crippen LogP contribution is -2.21. The van der Waals surface area contributed by atoms with E-state index in [0.717, 1.165) is 39.2 Å². The molecule has 4 aromatic rings. The van der Waals surface area contributed by atoms with Gasteiger partial charge in [-0.05, 0) is 26.0 Å². The zero-order chi connectivity index (χ0) is 19.7. The third-order valence-electron chi connectivity index (χ3n) is 4.89. The Balaban J connectivity index is 1.89. The van der Waals surface area contributed by atoms with Crippen molar-refractivity contribution < 1.29 is 9.91 Å². The van der Waals surface area contributed by atoms with E-state index in [9.17, 15) is 10.1 Å². The largest absolute Gasteiger partial charge is 0.358 e. The van der Waals surface area contributed by atoms with Crippen LogP contribution in [0.15, 0.2) is 66.7 Å². The monoisotopic (exact) mass is 373 g/mol. The molecule has 2 aromatic carbocycles. The van der Waals surface area contributed by atoms with Gasteiger partial charge in [-0.2, -0.15) is 0 Å². The van der Waals surface area contributed by atoms with Gasteiger partial charge in [0.25, 0.3) is 11.5 Å². The number of rotatable bonds is 5. The summed E-state index contributed by atoms with van der Waals surface area (Å²) in [6.45, 7) is 4.02. The van der Waals surface area contributed by atoms with Gasteiger partial charge in [-0.15, -0.1) is 0 Å². The quantitative estimate of drug-likeness (QED) is 0.392. The highest BCUT2D eigenvalue weighted by molar-refractivity contribution is 5.86. The number of nitro groups is 1. The predicted octanol–water partition coefficient (Wildman–Crippen LogP) is 4.71. The van der Waals surface area contributed by atoms with Gasteiger partial charge in [0.2, 0.25) is 0 Å². The van der Waals surface area contributed by atoms with E-state index < -0.39 is 0 Å². The molecule has 0 amide bonds. The lowest BCUT2D eigenvalue weighted by atomic mass is 9.95. The summed E-state index contributed by atoms with van der Waals surface area (Å²) in [5.41, 5.74) is 5.08. The van der Waals surface area contributed by atoms with Crippen LogP contribution in [-0.2, 0) is 0 Å². The predicted molar refractivity (Wildman–Crippen MR) is 109 cm³/mol. The van der Waals surface area contributed by atoms with E-state index in [4.69, 9.17) is 0 Å². The number of para-hydroxylation sites is 1. The number of nitro benzene ring substituents is 1. The van der Waals surface area contributed by atoms with Gasteiger partial charge in [-0.1, -0.05) is 36.4 Å². The molecule has 28 heavy (non-hydrogen) atoms. The molecule has 3 N–H and O–H groups in total. The maximum atomic E-state index is 11.3. The normalized spacial score (nSPS) is 12.1. The van der Waals surface area contributed by atoms with Crippen LogP contribution >= 0.6 is 0 Å². The summed E-state index contributed by atoms with van der Waals surface area (Å²) >= 11 is 0. The highest BCUT2D eigenvalue weighted by atomic mass is 16.6. The molecule has 0 spiro atoms. The van der Waals surface area contributed by atoms with E-state index >= 15 is 0 Å².